The molecule has 0 spiro atoms. The number of fused-ring (bicyclic) bond motifs is 2. The van der Waals surface area contributed by atoms with Gasteiger partial charge in [0.15, 0.2) is 10.1 Å². The van der Waals surface area contributed by atoms with E-state index >= 15 is 0 Å². The van der Waals surface area contributed by atoms with Crippen molar-refractivity contribution in [3.8, 4) is 33.6 Å². The second-order valence-electron chi connectivity index (χ2n) is 8.06. The average Bonchev–Trinajstić information content (AvgIpc) is 3.52. The van der Waals surface area contributed by atoms with E-state index in [1.165, 1.54) is 23.5 Å². The molecule has 0 atom stereocenters. The smallest absolute Gasteiger partial charge is 0.325 e. The van der Waals surface area contributed by atoms with Gasteiger partial charge in [0.2, 0.25) is 0 Å². The standard InChI is InChI=1S/C24H16ClF3N4S2/c1-13-10-32-12-21(30-23(32)34-13)16-4-2-14(24(26,27)28)8-18(16)19-9-15(25)3-5-17(19)20-11-31-6-7-33-22(31)29-20/h2-5,8-12H,6-7H2,1H3. The lowest BCUT2D eigenvalue weighted by molar-refractivity contribution is -0.137. The molecule has 0 saturated carbocycles. The van der Waals surface area contributed by atoms with Gasteiger partial charge in [-0.05, 0) is 42.3 Å². The predicted molar refractivity (Wildman–Crippen MR) is 131 cm³/mol. The number of benzene rings is 2. The summed E-state index contributed by atoms with van der Waals surface area (Å²) in [5, 5.41) is 1.34. The van der Waals surface area contributed by atoms with Crippen molar-refractivity contribution in [3.63, 3.8) is 0 Å². The van der Waals surface area contributed by atoms with Gasteiger partial charge in [-0.25, -0.2) is 9.97 Å². The first-order valence-electron chi connectivity index (χ1n) is 10.4. The summed E-state index contributed by atoms with van der Waals surface area (Å²) in [5.74, 6) is 0.963. The van der Waals surface area contributed by atoms with Gasteiger partial charge in [-0.1, -0.05) is 35.5 Å². The van der Waals surface area contributed by atoms with Gasteiger partial charge in [0, 0.05) is 51.9 Å². The van der Waals surface area contributed by atoms with Crippen molar-refractivity contribution in [2.24, 2.45) is 0 Å². The van der Waals surface area contributed by atoms with Gasteiger partial charge in [0.25, 0.3) is 0 Å². The van der Waals surface area contributed by atoms with E-state index in [0.717, 1.165) is 38.9 Å². The molecular weight excluding hydrogens is 501 g/mol. The predicted octanol–water partition coefficient (Wildman–Crippen LogP) is 7.68. The lowest BCUT2D eigenvalue weighted by Crippen LogP contribution is -2.05. The van der Waals surface area contributed by atoms with Crippen LogP contribution in [-0.4, -0.2) is 24.7 Å². The molecule has 3 aromatic heterocycles. The minimum atomic E-state index is -4.48. The van der Waals surface area contributed by atoms with Crippen LogP contribution in [0.25, 0.3) is 38.6 Å². The van der Waals surface area contributed by atoms with Crippen molar-refractivity contribution in [2.75, 3.05) is 5.75 Å². The Balaban J connectivity index is 1.59. The van der Waals surface area contributed by atoms with Crippen LogP contribution < -0.4 is 0 Å². The number of hydrogen-bond donors (Lipinski definition) is 0. The number of halogens is 4. The van der Waals surface area contributed by atoms with E-state index in [0.29, 0.717) is 33.1 Å². The molecule has 1 aliphatic rings. The zero-order valence-corrected chi connectivity index (χ0v) is 20.1. The second kappa shape index (κ2) is 7.90. The molecular formula is C24H16ClF3N4S2. The van der Waals surface area contributed by atoms with Crippen LogP contribution in [0.4, 0.5) is 13.2 Å². The fourth-order valence-electron chi connectivity index (χ4n) is 4.21. The quantitative estimate of drug-likeness (QED) is 0.247. The zero-order valence-electron chi connectivity index (χ0n) is 17.7. The second-order valence-corrected chi connectivity index (χ2v) is 10.8. The first-order chi connectivity index (χ1) is 16.3. The Morgan fingerprint density at radius 1 is 0.912 bits per heavy atom. The third-order valence-electron chi connectivity index (χ3n) is 5.75. The maximum absolute atomic E-state index is 13.7. The Morgan fingerprint density at radius 2 is 1.65 bits per heavy atom. The van der Waals surface area contributed by atoms with Gasteiger partial charge in [0.05, 0.1) is 17.0 Å². The summed E-state index contributed by atoms with van der Waals surface area (Å²) in [7, 11) is 0. The van der Waals surface area contributed by atoms with E-state index in [1.54, 1.807) is 23.9 Å². The van der Waals surface area contributed by atoms with E-state index in [9.17, 15) is 13.2 Å². The molecule has 0 N–H and O–H groups in total. The van der Waals surface area contributed by atoms with E-state index in [-0.39, 0.29) is 0 Å². The molecule has 6 rings (SSSR count). The van der Waals surface area contributed by atoms with E-state index in [1.807, 2.05) is 36.0 Å². The summed E-state index contributed by atoms with van der Waals surface area (Å²) in [6.45, 7) is 2.84. The third kappa shape index (κ3) is 3.72. The number of rotatable bonds is 3. The molecule has 0 saturated heterocycles. The van der Waals surface area contributed by atoms with E-state index in [4.69, 9.17) is 21.6 Å². The first-order valence-corrected chi connectivity index (χ1v) is 12.6. The van der Waals surface area contributed by atoms with Crippen LogP contribution in [0.5, 0.6) is 0 Å². The van der Waals surface area contributed by atoms with Crippen LogP contribution in [0.3, 0.4) is 0 Å². The summed E-state index contributed by atoms with van der Waals surface area (Å²) in [5.41, 5.74) is 2.91. The monoisotopic (exact) mass is 516 g/mol. The molecule has 34 heavy (non-hydrogen) atoms. The Bertz CT molecular complexity index is 1510. The molecule has 0 aliphatic carbocycles. The van der Waals surface area contributed by atoms with Crippen molar-refractivity contribution in [3.05, 3.63) is 70.5 Å². The Kier molecular flexibility index (Phi) is 5.05. The van der Waals surface area contributed by atoms with Gasteiger partial charge in [0.1, 0.15) is 0 Å². The number of aromatic nitrogens is 4. The van der Waals surface area contributed by atoms with Crippen LogP contribution in [0, 0.1) is 6.92 Å². The molecule has 0 bridgehead atoms. The first kappa shape index (κ1) is 21.8. The van der Waals surface area contributed by atoms with Crippen molar-refractivity contribution >= 4 is 39.7 Å². The van der Waals surface area contributed by atoms with Crippen molar-refractivity contribution in [1.82, 2.24) is 18.9 Å². The number of aryl methyl sites for hydroxylation is 2. The maximum atomic E-state index is 13.7. The number of thiazole rings is 1. The van der Waals surface area contributed by atoms with Crippen LogP contribution >= 0.6 is 34.7 Å². The molecule has 0 amide bonds. The summed E-state index contributed by atoms with van der Waals surface area (Å²) in [6.07, 6.45) is 1.26. The molecule has 0 fully saturated rings. The molecule has 0 radical (unpaired) electrons. The van der Waals surface area contributed by atoms with E-state index in [2.05, 4.69) is 4.57 Å². The minimum absolute atomic E-state index is 0.413. The van der Waals surface area contributed by atoms with Crippen LogP contribution in [-0.2, 0) is 12.7 Å². The number of thioether (sulfide) groups is 1. The summed E-state index contributed by atoms with van der Waals surface area (Å²) in [4.78, 5) is 11.3. The lowest BCUT2D eigenvalue weighted by atomic mass is 9.91. The summed E-state index contributed by atoms with van der Waals surface area (Å²) >= 11 is 9.54. The summed E-state index contributed by atoms with van der Waals surface area (Å²) < 4.78 is 45.2. The van der Waals surface area contributed by atoms with Gasteiger partial charge < -0.3 is 4.57 Å². The highest BCUT2D eigenvalue weighted by atomic mass is 35.5. The molecule has 4 nitrogen and oxygen atoms in total. The molecule has 5 aromatic rings. The number of imidazole rings is 2. The van der Waals surface area contributed by atoms with Crippen LogP contribution in [0.15, 0.2) is 60.1 Å². The fourth-order valence-corrected chi connectivity index (χ4v) is 6.13. The topological polar surface area (TPSA) is 35.1 Å². The molecule has 2 aromatic carbocycles. The maximum Gasteiger partial charge on any atom is 0.416 e. The normalized spacial score (nSPS) is 13.7. The molecule has 10 heteroatoms. The molecule has 172 valence electrons. The van der Waals surface area contributed by atoms with Gasteiger partial charge in [-0.15, -0.1) is 11.3 Å². The SMILES string of the molecule is Cc1cn2cc(-c3ccc(C(F)(F)F)cc3-c3cc(Cl)ccc3-c3cn4c(n3)SCC4)nc2s1. The number of alkyl halides is 3. The fraction of sp³-hybridized carbons (Fsp3) is 0.167. The minimum Gasteiger partial charge on any atom is -0.325 e. The average molecular weight is 517 g/mol. The number of hydrogen-bond acceptors (Lipinski definition) is 4. The molecule has 0 unspecified atom stereocenters. The Labute approximate surface area is 206 Å². The van der Waals surface area contributed by atoms with Gasteiger partial charge in [-0.2, -0.15) is 13.2 Å². The zero-order chi connectivity index (χ0) is 23.6. The van der Waals surface area contributed by atoms with E-state index < -0.39 is 11.7 Å². The molecule has 4 heterocycles. The van der Waals surface area contributed by atoms with Crippen molar-refractivity contribution in [2.45, 2.75) is 24.8 Å². The molecule has 1 aliphatic heterocycles. The lowest BCUT2D eigenvalue weighted by Gasteiger charge is -2.16. The highest BCUT2D eigenvalue weighted by Crippen LogP contribution is 2.43. The Morgan fingerprint density at radius 3 is 2.38 bits per heavy atom. The van der Waals surface area contributed by atoms with Gasteiger partial charge in [-0.3, -0.25) is 4.40 Å². The van der Waals surface area contributed by atoms with Gasteiger partial charge >= 0.3 is 6.18 Å². The number of nitrogens with zero attached hydrogens (tertiary/aromatic N) is 4. The van der Waals surface area contributed by atoms with Crippen molar-refractivity contribution < 1.29 is 13.2 Å². The highest BCUT2D eigenvalue weighted by Gasteiger charge is 2.32. The highest BCUT2D eigenvalue weighted by molar-refractivity contribution is 7.99. The third-order valence-corrected chi connectivity index (χ3v) is 7.86. The summed E-state index contributed by atoms with van der Waals surface area (Å²) in [6, 6.07) is 9.03. The van der Waals surface area contributed by atoms with Crippen LogP contribution in [0.2, 0.25) is 5.02 Å². The van der Waals surface area contributed by atoms with Crippen molar-refractivity contribution in [1.29, 1.82) is 0 Å². The largest absolute Gasteiger partial charge is 0.416 e. The van der Waals surface area contributed by atoms with Crippen LogP contribution in [0.1, 0.15) is 10.4 Å². The Hall–Kier alpha value is -2.75.